The van der Waals surface area contributed by atoms with Gasteiger partial charge in [-0.05, 0) is 24.3 Å². The quantitative estimate of drug-likeness (QED) is 0.735. The van der Waals surface area contributed by atoms with Gasteiger partial charge in [-0.3, -0.25) is 4.79 Å². The van der Waals surface area contributed by atoms with Crippen molar-refractivity contribution in [3.05, 3.63) is 60.2 Å². The number of nitrogens with zero attached hydrogens (tertiary/aromatic N) is 2. The molecule has 2 aromatic rings. The Hall–Kier alpha value is -2.42. The number of benzene rings is 2. The third kappa shape index (κ3) is 4.52. The number of morpholine rings is 1. The Morgan fingerprint density at radius 3 is 2.21 bits per heavy atom. The van der Waals surface area contributed by atoms with E-state index in [1.165, 1.54) is 21.3 Å². The molecule has 150 valence electrons. The van der Waals surface area contributed by atoms with Gasteiger partial charge in [0.2, 0.25) is 16.1 Å². The minimum absolute atomic E-state index is 0.192. The molecule has 0 N–H and O–H groups in total. The highest BCUT2D eigenvalue weighted by Gasteiger charge is 2.27. The van der Waals surface area contributed by atoms with Crippen LogP contribution >= 0.6 is 0 Å². The molecule has 1 heterocycles. The summed E-state index contributed by atoms with van der Waals surface area (Å²) in [5.74, 6) is 0.223. The first kappa shape index (κ1) is 20.3. The number of rotatable bonds is 6. The van der Waals surface area contributed by atoms with Gasteiger partial charge in [0.1, 0.15) is 5.75 Å². The summed E-state index contributed by atoms with van der Waals surface area (Å²) < 4.78 is 38.0. The van der Waals surface area contributed by atoms with E-state index < -0.39 is 16.1 Å². The summed E-state index contributed by atoms with van der Waals surface area (Å²) in [6.45, 7) is 1.47. The van der Waals surface area contributed by atoms with Crippen LogP contribution in [0.5, 0.6) is 5.75 Å². The van der Waals surface area contributed by atoms with Crippen molar-refractivity contribution in [2.45, 2.75) is 11.0 Å². The van der Waals surface area contributed by atoms with Crippen molar-refractivity contribution in [3.8, 4) is 5.75 Å². The fraction of sp³-hybridized carbons (Fsp3) is 0.350. The lowest BCUT2D eigenvalue weighted by atomic mass is 10.1. The van der Waals surface area contributed by atoms with Crippen LogP contribution in [0.2, 0.25) is 0 Å². The Labute approximate surface area is 165 Å². The van der Waals surface area contributed by atoms with Gasteiger partial charge in [0.25, 0.3) is 5.91 Å². The van der Waals surface area contributed by atoms with E-state index in [9.17, 15) is 13.2 Å². The Morgan fingerprint density at radius 2 is 1.64 bits per heavy atom. The zero-order chi connectivity index (χ0) is 20.1. The molecule has 1 fully saturated rings. The van der Waals surface area contributed by atoms with Gasteiger partial charge in [0, 0.05) is 32.7 Å². The minimum Gasteiger partial charge on any atom is -0.476 e. The number of carbonyl (C=O) groups excluding carboxylic acids is 1. The van der Waals surface area contributed by atoms with Crippen LogP contribution in [0, 0.1) is 0 Å². The second-order valence-corrected chi connectivity index (χ2v) is 8.57. The van der Waals surface area contributed by atoms with Crippen LogP contribution in [0.1, 0.15) is 11.7 Å². The van der Waals surface area contributed by atoms with Gasteiger partial charge >= 0.3 is 0 Å². The molecule has 1 atom stereocenters. The molecule has 1 amide bonds. The standard InChI is InChI=1S/C20H24N2O5S/c1-21(2)20(23)19(16-6-4-3-5-7-16)27-17-8-10-18(11-9-17)28(24,25)22-12-14-26-15-13-22/h3-11,19H,12-15H2,1-2H3/t19-/m0/s1. The summed E-state index contributed by atoms with van der Waals surface area (Å²) in [5, 5.41) is 0. The van der Waals surface area contributed by atoms with Crippen LogP contribution < -0.4 is 4.74 Å². The van der Waals surface area contributed by atoms with Gasteiger partial charge in [-0.2, -0.15) is 4.31 Å². The second-order valence-electron chi connectivity index (χ2n) is 6.63. The van der Waals surface area contributed by atoms with E-state index in [1.54, 1.807) is 26.2 Å². The smallest absolute Gasteiger partial charge is 0.267 e. The van der Waals surface area contributed by atoms with E-state index in [1.807, 2.05) is 30.3 Å². The van der Waals surface area contributed by atoms with Crippen LogP contribution in [0.25, 0.3) is 0 Å². The third-order valence-corrected chi connectivity index (χ3v) is 6.37. The number of carbonyl (C=O) groups is 1. The Kier molecular flexibility index (Phi) is 6.33. The molecule has 0 radical (unpaired) electrons. The van der Waals surface area contributed by atoms with Crippen LogP contribution in [-0.4, -0.2) is 63.9 Å². The summed E-state index contributed by atoms with van der Waals surface area (Å²) in [5.41, 5.74) is 0.728. The van der Waals surface area contributed by atoms with E-state index in [2.05, 4.69) is 0 Å². The van der Waals surface area contributed by atoms with Gasteiger partial charge in [0.05, 0.1) is 18.1 Å². The van der Waals surface area contributed by atoms with Gasteiger partial charge in [-0.1, -0.05) is 30.3 Å². The van der Waals surface area contributed by atoms with Gasteiger partial charge in [0.15, 0.2) is 0 Å². The zero-order valence-electron chi connectivity index (χ0n) is 15.9. The summed E-state index contributed by atoms with van der Waals surface area (Å²) in [7, 11) is -0.234. The molecule has 0 aromatic heterocycles. The van der Waals surface area contributed by atoms with Gasteiger partial charge in [-0.25, -0.2) is 8.42 Å². The first-order valence-electron chi connectivity index (χ1n) is 9.00. The Morgan fingerprint density at radius 1 is 1.04 bits per heavy atom. The summed E-state index contributed by atoms with van der Waals surface area (Å²) in [6.07, 6.45) is -0.807. The minimum atomic E-state index is -3.57. The molecule has 1 saturated heterocycles. The average molecular weight is 404 g/mol. The van der Waals surface area contributed by atoms with Crippen molar-refractivity contribution >= 4 is 15.9 Å². The molecule has 2 aromatic carbocycles. The molecule has 8 heteroatoms. The lowest BCUT2D eigenvalue weighted by Gasteiger charge is -2.26. The molecule has 1 aliphatic heterocycles. The highest BCUT2D eigenvalue weighted by Crippen LogP contribution is 2.26. The molecule has 0 spiro atoms. The molecule has 0 saturated carbocycles. The summed E-state index contributed by atoms with van der Waals surface area (Å²) in [4.78, 5) is 14.2. The Bertz CT molecular complexity index is 892. The van der Waals surface area contributed by atoms with Gasteiger partial charge in [-0.15, -0.1) is 0 Å². The maximum atomic E-state index is 12.7. The van der Waals surface area contributed by atoms with Crippen LogP contribution in [0.4, 0.5) is 0 Å². The number of amides is 1. The van der Waals surface area contributed by atoms with Crippen LogP contribution in [-0.2, 0) is 19.6 Å². The van der Waals surface area contributed by atoms with Crippen molar-refractivity contribution in [2.24, 2.45) is 0 Å². The molecule has 28 heavy (non-hydrogen) atoms. The highest BCUT2D eigenvalue weighted by molar-refractivity contribution is 7.89. The molecule has 7 nitrogen and oxygen atoms in total. The lowest BCUT2D eigenvalue weighted by molar-refractivity contribution is -0.136. The van der Waals surface area contributed by atoms with E-state index in [4.69, 9.17) is 9.47 Å². The number of likely N-dealkylation sites (N-methyl/N-ethyl adjacent to an activating group) is 1. The molecular weight excluding hydrogens is 380 g/mol. The van der Waals surface area contributed by atoms with Crippen molar-refractivity contribution in [1.82, 2.24) is 9.21 Å². The summed E-state index contributed by atoms with van der Waals surface area (Å²) >= 11 is 0. The largest absolute Gasteiger partial charge is 0.476 e. The maximum Gasteiger partial charge on any atom is 0.267 e. The van der Waals surface area contributed by atoms with Crippen LogP contribution in [0.3, 0.4) is 0 Å². The fourth-order valence-electron chi connectivity index (χ4n) is 2.89. The fourth-order valence-corrected chi connectivity index (χ4v) is 4.29. The van der Waals surface area contributed by atoms with Crippen molar-refractivity contribution in [3.63, 3.8) is 0 Å². The predicted molar refractivity (Wildman–Crippen MR) is 105 cm³/mol. The maximum absolute atomic E-state index is 12.7. The van der Waals surface area contributed by atoms with E-state index in [0.717, 1.165) is 5.56 Å². The first-order valence-corrected chi connectivity index (χ1v) is 10.4. The number of sulfonamides is 1. The van der Waals surface area contributed by atoms with E-state index in [-0.39, 0.29) is 10.8 Å². The van der Waals surface area contributed by atoms with Crippen LogP contribution in [0.15, 0.2) is 59.5 Å². The summed E-state index contributed by atoms with van der Waals surface area (Å²) in [6, 6.07) is 15.3. The first-order chi connectivity index (χ1) is 13.4. The molecule has 1 aliphatic rings. The second kappa shape index (κ2) is 8.72. The van der Waals surface area contributed by atoms with Crippen molar-refractivity contribution in [2.75, 3.05) is 40.4 Å². The zero-order valence-corrected chi connectivity index (χ0v) is 16.8. The molecule has 3 rings (SSSR count). The van der Waals surface area contributed by atoms with Crippen molar-refractivity contribution < 1.29 is 22.7 Å². The number of ether oxygens (including phenoxy) is 2. The number of hydrogen-bond acceptors (Lipinski definition) is 5. The SMILES string of the molecule is CN(C)C(=O)[C@@H](Oc1ccc(S(=O)(=O)N2CCOCC2)cc1)c1ccccc1. The third-order valence-electron chi connectivity index (χ3n) is 4.45. The molecule has 0 bridgehead atoms. The monoisotopic (exact) mass is 404 g/mol. The van der Waals surface area contributed by atoms with Crippen molar-refractivity contribution in [1.29, 1.82) is 0 Å². The van der Waals surface area contributed by atoms with E-state index >= 15 is 0 Å². The highest BCUT2D eigenvalue weighted by atomic mass is 32.2. The normalized spacial score (nSPS) is 16.4. The number of hydrogen-bond donors (Lipinski definition) is 0. The topological polar surface area (TPSA) is 76.2 Å². The predicted octanol–water partition coefficient (Wildman–Crippen LogP) is 1.92. The van der Waals surface area contributed by atoms with E-state index in [0.29, 0.717) is 32.1 Å². The molecular formula is C20H24N2O5S. The average Bonchev–Trinajstić information content (AvgIpc) is 2.73. The van der Waals surface area contributed by atoms with Gasteiger partial charge < -0.3 is 14.4 Å². The molecule has 0 unspecified atom stereocenters. The molecule has 0 aliphatic carbocycles. The lowest BCUT2D eigenvalue weighted by Crippen LogP contribution is -2.40. The Balaban J connectivity index is 1.80.